The van der Waals surface area contributed by atoms with Gasteiger partial charge in [0.2, 0.25) is 5.91 Å². The number of ether oxygens (including phenoxy) is 2. The van der Waals surface area contributed by atoms with Gasteiger partial charge in [-0.25, -0.2) is 0 Å². The third kappa shape index (κ3) is 5.44. The van der Waals surface area contributed by atoms with E-state index in [1.54, 1.807) is 6.07 Å². The van der Waals surface area contributed by atoms with Crippen molar-refractivity contribution in [1.82, 2.24) is 9.47 Å². The molecule has 1 spiro atoms. The minimum absolute atomic E-state index is 0.190. The summed E-state index contributed by atoms with van der Waals surface area (Å²) in [5.74, 6) is 2.47. The van der Waals surface area contributed by atoms with Crippen molar-refractivity contribution in [2.45, 2.75) is 115 Å². The van der Waals surface area contributed by atoms with Crippen molar-refractivity contribution in [3.63, 3.8) is 0 Å². The number of rotatable bonds is 15. The fraction of sp³-hybridized carbons (Fsp3) is 0.735. The zero-order valence-corrected chi connectivity index (χ0v) is 25.8. The van der Waals surface area contributed by atoms with Crippen molar-refractivity contribution in [2.75, 3.05) is 26.8 Å². The molecule has 6 rings (SSSR count). The summed E-state index contributed by atoms with van der Waals surface area (Å²) in [6.45, 7) is 5.05. The van der Waals surface area contributed by atoms with Gasteiger partial charge in [-0.2, -0.15) is 0 Å². The van der Waals surface area contributed by atoms with Crippen molar-refractivity contribution in [2.24, 2.45) is 17.3 Å². The van der Waals surface area contributed by atoms with Crippen LogP contribution in [0.2, 0.25) is 0 Å². The Hall–Kier alpha value is -2.01. The van der Waals surface area contributed by atoms with Crippen molar-refractivity contribution < 1.29 is 34.7 Å². The van der Waals surface area contributed by atoms with E-state index in [1.807, 2.05) is 12.1 Å². The average molecular weight is 599 g/mol. The van der Waals surface area contributed by atoms with Gasteiger partial charge in [0.15, 0.2) is 12.6 Å². The van der Waals surface area contributed by atoms with Crippen LogP contribution in [0.25, 0.3) is 10.9 Å². The molecule has 2 saturated carbocycles. The molecule has 7 atom stereocenters. The van der Waals surface area contributed by atoms with E-state index in [1.165, 1.54) is 44.2 Å². The first kappa shape index (κ1) is 31.0. The summed E-state index contributed by atoms with van der Waals surface area (Å²) in [6, 6.07) is 6.12. The molecule has 2 aromatic rings. The smallest absolute Gasteiger partial charge is 0.231 e. The molecule has 9 nitrogen and oxygen atoms in total. The maximum atomic E-state index is 14.0. The van der Waals surface area contributed by atoms with E-state index in [4.69, 9.17) is 19.7 Å². The SMILES string of the molecule is CCC1CC2CC3c4c(c5cc(O)ccc5n4C(=O)CCCCCCCCOC(OC)C(O)CC(O)O)CCN4CC12C34. The largest absolute Gasteiger partial charge is 0.508 e. The lowest BCUT2D eigenvalue weighted by atomic mass is 9.48. The number of phenolic OH excluding ortho intramolecular Hbond substituents is 1. The number of fused-ring (bicyclic) bond motifs is 4. The van der Waals surface area contributed by atoms with Crippen LogP contribution in [0.5, 0.6) is 5.75 Å². The van der Waals surface area contributed by atoms with Gasteiger partial charge < -0.3 is 29.9 Å². The van der Waals surface area contributed by atoms with Gasteiger partial charge in [0.05, 0.1) is 5.52 Å². The van der Waals surface area contributed by atoms with Gasteiger partial charge in [-0.05, 0) is 67.7 Å². The van der Waals surface area contributed by atoms with E-state index in [-0.39, 0.29) is 18.1 Å². The molecule has 0 amide bonds. The molecule has 4 N–H and O–H groups in total. The number of nitrogens with zero attached hydrogens (tertiary/aromatic N) is 2. The number of aliphatic hydroxyl groups excluding tert-OH is 2. The second kappa shape index (κ2) is 12.8. The molecule has 2 aliphatic heterocycles. The average Bonchev–Trinajstić information content (AvgIpc) is 3.31. The lowest BCUT2D eigenvalue weighted by Crippen LogP contribution is -2.72. The summed E-state index contributed by atoms with van der Waals surface area (Å²) in [7, 11) is 1.43. The number of methoxy groups -OCH3 is 1. The number of benzene rings is 1. The number of hydrogen-bond donors (Lipinski definition) is 4. The molecular weight excluding hydrogens is 548 g/mol. The Kier molecular flexibility index (Phi) is 9.21. The Balaban J connectivity index is 1.04. The van der Waals surface area contributed by atoms with Crippen LogP contribution in [0.15, 0.2) is 18.2 Å². The second-order valence-corrected chi connectivity index (χ2v) is 13.6. The summed E-state index contributed by atoms with van der Waals surface area (Å²) in [5.41, 5.74) is 3.98. The summed E-state index contributed by atoms with van der Waals surface area (Å²) in [5, 5.41) is 39.4. The first-order valence-corrected chi connectivity index (χ1v) is 16.6. The van der Waals surface area contributed by atoms with Gasteiger partial charge in [-0.15, -0.1) is 0 Å². The molecule has 4 aliphatic rings. The van der Waals surface area contributed by atoms with Crippen LogP contribution in [0.1, 0.15) is 99.5 Å². The van der Waals surface area contributed by atoms with Crippen molar-refractivity contribution in [1.29, 1.82) is 0 Å². The van der Waals surface area contributed by atoms with E-state index < -0.39 is 18.7 Å². The van der Waals surface area contributed by atoms with Gasteiger partial charge >= 0.3 is 0 Å². The number of carbonyl (C=O) groups is 1. The lowest BCUT2D eigenvalue weighted by molar-refractivity contribution is -0.197. The molecule has 0 bridgehead atoms. The molecule has 0 radical (unpaired) electrons. The van der Waals surface area contributed by atoms with E-state index in [0.717, 1.165) is 74.2 Å². The minimum atomic E-state index is -1.60. The van der Waals surface area contributed by atoms with Crippen LogP contribution in [0, 0.1) is 17.3 Å². The molecule has 1 aromatic heterocycles. The van der Waals surface area contributed by atoms with Crippen LogP contribution in [0.3, 0.4) is 0 Å². The molecule has 3 heterocycles. The predicted octanol–water partition coefficient (Wildman–Crippen LogP) is 4.53. The number of phenols is 1. The number of hydrogen-bond acceptors (Lipinski definition) is 8. The Bertz CT molecular complexity index is 1290. The number of carbonyl (C=O) groups excluding carboxylic acids is 1. The Morgan fingerprint density at radius 2 is 1.86 bits per heavy atom. The maximum absolute atomic E-state index is 14.0. The number of aliphatic hydroxyl groups is 3. The molecular formula is C34H50N2O7. The van der Waals surface area contributed by atoms with Crippen LogP contribution in [-0.2, 0) is 15.9 Å². The van der Waals surface area contributed by atoms with Gasteiger partial charge in [0.25, 0.3) is 0 Å². The molecule has 43 heavy (non-hydrogen) atoms. The fourth-order valence-electron chi connectivity index (χ4n) is 9.47. The molecule has 1 saturated heterocycles. The molecule has 1 aromatic carbocycles. The zero-order valence-electron chi connectivity index (χ0n) is 25.8. The number of unbranched alkanes of at least 4 members (excludes halogenated alkanes) is 5. The molecule has 9 heteroatoms. The first-order valence-electron chi connectivity index (χ1n) is 16.6. The van der Waals surface area contributed by atoms with Gasteiger partial charge in [-0.3, -0.25) is 14.3 Å². The normalized spacial score (nSPS) is 29.0. The summed E-state index contributed by atoms with van der Waals surface area (Å²) < 4.78 is 12.7. The predicted molar refractivity (Wildman–Crippen MR) is 163 cm³/mol. The van der Waals surface area contributed by atoms with Gasteiger partial charge in [-0.1, -0.05) is 39.0 Å². The highest BCUT2D eigenvalue weighted by molar-refractivity contribution is 5.97. The van der Waals surface area contributed by atoms with Crippen LogP contribution in [-0.4, -0.2) is 87.3 Å². The summed E-state index contributed by atoms with van der Waals surface area (Å²) >= 11 is 0. The van der Waals surface area contributed by atoms with Gasteiger partial charge in [0, 0.05) is 68.1 Å². The Labute approximate surface area is 254 Å². The quantitative estimate of drug-likeness (QED) is 0.174. The third-order valence-corrected chi connectivity index (χ3v) is 11.3. The highest BCUT2D eigenvalue weighted by Crippen LogP contribution is 2.72. The first-order chi connectivity index (χ1) is 20.8. The van der Waals surface area contributed by atoms with Crippen molar-refractivity contribution >= 4 is 16.8 Å². The van der Waals surface area contributed by atoms with Crippen molar-refractivity contribution in [3.8, 4) is 5.75 Å². The van der Waals surface area contributed by atoms with E-state index in [0.29, 0.717) is 30.4 Å². The second-order valence-electron chi connectivity index (χ2n) is 13.6. The Morgan fingerprint density at radius 1 is 1.09 bits per heavy atom. The molecule has 238 valence electrons. The molecule has 2 aliphatic carbocycles. The van der Waals surface area contributed by atoms with Crippen LogP contribution < -0.4 is 0 Å². The standard InChI is InChI=1S/C34H50N2O7/c1-3-21-16-22-17-26-31-24(13-14-35-20-34(21,22)32(26)35)25-18-23(37)11-12-27(25)36(31)29(39)10-8-6-4-5-7-9-15-43-33(42-2)28(38)19-30(40)41/h11-12,18,21-22,26,28,30,32-33,37-38,40-41H,3-10,13-17,19-20H2,1-2H3. The topological polar surface area (TPSA) is 125 Å². The molecule has 7 unspecified atom stereocenters. The Morgan fingerprint density at radius 3 is 2.60 bits per heavy atom. The molecule has 3 fully saturated rings. The zero-order chi connectivity index (χ0) is 30.3. The monoisotopic (exact) mass is 598 g/mol. The van der Waals surface area contributed by atoms with E-state index >= 15 is 0 Å². The maximum Gasteiger partial charge on any atom is 0.231 e. The summed E-state index contributed by atoms with van der Waals surface area (Å²) in [6.07, 6.45) is 7.20. The minimum Gasteiger partial charge on any atom is -0.508 e. The lowest BCUT2D eigenvalue weighted by Gasteiger charge is -2.67. The van der Waals surface area contributed by atoms with E-state index in [2.05, 4.69) is 16.4 Å². The fourth-order valence-corrected chi connectivity index (χ4v) is 9.47. The van der Waals surface area contributed by atoms with Gasteiger partial charge in [0.1, 0.15) is 11.9 Å². The summed E-state index contributed by atoms with van der Waals surface area (Å²) in [4.78, 5) is 16.7. The van der Waals surface area contributed by atoms with Crippen LogP contribution >= 0.6 is 0 Å². The third-order valence-electron chi connectivity index (χ3n) is 11.3. The number of aromatic nitrogens is 1. The highest BCUT2D eigenvalue weighted by Gasteiger charge is 2.72. The number of aromatic hydroxyl groups is 1. The van der Waals surface area contributed by atoms with E-state index in [9.17, 15) is 15.0 Å². The van der Waals surface area contributed by atoms with Crippen LogP contribution in [0.4, 0.5) is 0 Å². The highest BCUT2D eigenvalue weighted by atomic mass is 16.7. The van der Waals surface area contributed by atoms with Crippen molar-refractivity contribution in [3.05, 3.63) is 29.5 Å².